The van der Waals surface area contributed by atoms with Crippen LogP contribution in [-0.2, 0) is 5.54 Å². The number of aromatic hydroxyl groups is 1. The Bertz CT molecular complexity index is 302. The SMILES string of the molecule is COc1ccc(C(C)(C)N)c(O)c1. The van der Waals surface area contributed by atoms with Gasteiger partial charge in [-0.05, 0) is 26.0 Å². The molecule has 0 fully saturated rings. The van der Waals surface area contributed by atoms with Crippen molar-refractivity contribution in [2.75, 3.05) is 7.11 Å². The summed E-state index contributed by atoms with van der Waals surface area (Å²) in [7, 11) is 1.56. The van der Waals surface area contributed by atoms with Crippen LogP contribution in [-0.4, -0.2) is 12.2 Å². The topological polar surface area (TPSA) is 55.5 Å². The summed E-state index contributed by atoms with van der Waals surface area (Å²) in [6.07, 6.45) is 0. The van der Waals surface area contributed by atoms with Crippen LogP contribution in [0, 0.1) is 0 Å². The summed E-state index contributed by atoms with van der Waals surface area (Å²) in [4.78, 5) is 0. The summed E-state index contributed by atoms with van der Waals surface area (Å²) < 4.78 is 4.96. The molecule has 0 unspecified atom stereocenters. The summed E-state index contributed by atoms with van der Waals surface area (Å²) in [5, 5.41) is 9.60. The molecule has 0 aliphatic carbocycles. The van der Waals surface area contributed by atoms with Gasteiger partial charge in [0.15, 0.2) is 0 Å². The van der Waals surface area contributed by atoms with E-state index in [1.165, 1.54) is 0 Å². The van der Waals surface area contributed by atoms with Crippen molar-refractivity contribution in [1.29, 1.82) is 0 Å². The highest BCUT2D eigenvalue weighted by molar-refractivity contribution is 5.42. The van der Waals surface area contributed by atoms with E-state index < -0.39 is 5.54 Å². The largest absolute Gasteiger partial charge is 0.507 e. The molecule has 0 bridgehead atoms. The summed E-state index contributed by atoms with van der Waals surface area (Å²) in [5.74, 6) is 0.803. The number of hydrogen-bond acceptors (Lipinski definition) is 3. The van der Waals surface area contributed by atoms with Gasteiger partial charge >= 0.3 is 0 Å². The molecule has 0 radical (unpaired) electrons. The highest BCUT2D eigenvalue weighted by atomic mass is 16.5. The zero-order valence-electron chi connectivity index (χ0n) is 8.16. The molecule has 1 aromatic carbocycles. The fourth-order valence-electron chi connectivity index (χ4n) is 1.18. The third kappa shape index (κ3) is 2.12. The molecule has 0 spiro atoms. The summed E-state index contributed by atoms with van der Waals surface area (Å²) >= 11 is 0. The first-order valence-electron chi connectivity index (χ1n) is 4.11. The van der Waals surface area contributed by atoms with Crippen LogP contribution in [0.1, 0.15) is 19.4 Å². The number of nitrogens with two attached hydrogens (primary N) is 1. The number of phenols is 1. The fraction of sp³-hybridized carbons (Fsp3) is 0.400. The van der Waals surface area contributed by atoms with Gasteiger partial charge in [-0.25, -0.2) is 0 Å². The van der Waals surface area contributed by atoms with Gasteiger partial charge in [-0.3, -0.25) is 0 Å². The van der Waals surface area contributed by atoms with Crippen molar-refractivity contribution in [1.82, 2.24) is 0 Å². The van der Waals surface area contributed by atoms with Gasteiger partial charge in [-0.1, -0.05) is 0 Å². The van der Waals surface area contributed by atoms with E-state index in [9.17, 15) is 5.11 Å². The van der Waals surface area contributed by atoms with E-state index in [0.717, 1.165) is 0 Å². The number of methoxy groups -OCH3 is 1. The second-order valence-electron chi connectivity index (χ2n) is 3.60. The van der Waals surface area contributed by atoms with E-state index in [1.54, 1.807) is 25.3 Å². The first-order valence-corrected chi connectivity index (χ1v) is 4.11. The van der Waals surface area contributed by atoms with Crippen LogP contribution in [0.25, 0.3) is 0 Å². The van der Waals surface area contributed by atoms with Gasteiger partial charge in [0.1, 0.15) is 11.5 Å². The Morgan fingerprint density at radius 2 is 2.00 bits per heavy atom. The number of phenolic OH excluding ortho intramolecular Hbond substituents is 1. The zero-order valence-corrected chi connectivity index (χ0v) is 8.16. The van der Waals surface area contributed by atoms with Crippen LogP contribution in [0.15, 0.2) is 18.2 Å². The Hall–Kier alpha value is -1.22. The molecule has 3 N–H and O–H groups in total. The summed E-state index contributed by atoms with van der Waals surface area (Å²) in [6, 6.07) is 5.11. The standard InChI is InChI=1S/C10H15NO2/c1-10(2,11)8-5-4-7(13-3)6-9(8)12/h4-6,12H,11H2,1-3H3. The highest BCUT2D eigenvalue weighted by Crippen LogP contribution is 2.30. The van der Waals surface area contributed by atoms with E-state index in [0.29, 0.717) is 11.3 Å². The lowest BCUT2D eigenvalue weighted by atomic mass is 9.95. The Morgan fingerprint density at radius 3 is 2.38 bits per heavy atom. The van der Waals surface area contributed by atoms with Gasteiger partial charge in [-0.2, -0.15) is 0 Å². The average Bonchev–Trinajstić information content (AvgIpc) is 2.01. The fourth-order valence-corrected chi connectivity index (χ4v) is 1.18. The molecule has 0 saturated heterocycles. The monoisotopic (exact) mass is 181 g/mol. The van der Waals surface area contributed by atoms with E-state index in [-0.39, 0.29) is 5.75 Å². The van der Waals surface area contributed by atoms with E-state index in [4.69, 9.17) is 10.5 Å². The van der Waals surface area contributed by atoms with Gasteiger partial charge in [0, 0.05) is 17.2 Å². The van der Waals surface area contributed by atoms with Crippen LogP contribution in [0.2, 0.25) is 0 Å². The maximum Gasteiger partial charge on any atom is 0.124 e. The molecule has 1 rings (SSSR count). The number of hydrogen-bond donors (Lipinski definition) is 2. The lowest BCUT2D eigenvalue weighted by molar-refractivity contribution is 0.401. The van der Waals surface area contributed by atoms with Crippen molar-refractivity contribution in [3.8, 4) is 11.5 Å². The van der Waals surface area contributed by atoms with Crippen molar-refractivity contribution in [2.45, 2.75) is 19.4 Å². The van der Waals surface area contributed by atoms with E-state index in [1.807, 2.05) is 13.8 Å². The molecule has 0 aliphatic rings. The van der Waals surface area contributed by atoms with E-state index in [2.05, 4.69) is 0 Å². The summed E-state index contributed by atoms with van der Waals surface area (Å²) in [5.41, 5.74) is 6.03. The van der Waals surface area contributed by atoms with Gasteiger partial charge in [-0.15, -0.1) is 0 Å². The molecule has 0 aliphatic heterocycles. The van der Waals surface area contributed by atoms with Crippen LogP contribution in [0.4, 0.5) is 0 Å². The van der Waals surface area contributed by atoms with Crippen molar-refractivity contribution in [3.63, 3.8) is 0 Å². The molecule has 3 heteroatoms. The lowest BCUT2D eigenvalue weighted by Gasteiger charge is -2.20. The van der Waals surface area contributed by atoms with E-state index >= 15 is 0 Å². The normalized spacial score (nSPS) is 11.4. The molecule has 0 amide bonds. The van der Waals surface area contributed by atoms with Crippen LogP contribution in [0.5, 0.6) is 11.5 Å². The number of ether oxygens (including phenoxy) is 1. The molecule has 1 aromatic rings. The highest BCUT2D eigenvalue weighted by Gasteiger charge is 2.18. The second kappa shape index (κ2) is 3.26. The zero-order chi connectivity index (χ0) is 10.1. The quantitative estimate of drug-likeness (QED) is 0.728. The van der Waals surface area contributed by atoms with Gasteiger partial charge in [0.2, 0.25) is 0 Å². The second-order valence-corrected chi connectivity index (χ2v) is 3.60. The number of rotatable bonds is 2. The predicted molar refractivity (Wildman–Crippen MR) is 51.9 cm³/mol. The molecular weight excluding hydrogens is 166 g/mol. The van der Waals surface area contributed by atoms with Crippen molar-refractivity contribution in [3.05, 3.63) is 23.8 Å². The molecule has 0 heterocycles. The molecule has 0 aromatic heterocycles. The third-order valence-corrected chi connectivity index (χ3v) is 1.90. The van der Waals surface area contributed by atoms with Crippen molar-refractivity contribution < 1.29 is 9.84 Å². The molecule has 3 nitrogen and oxygen atoms in total. The van der Waals surface area contributed by atoms with Crippen molar-refractivity contribution in [2.24, 2.45) is 5.73 Å². The van der Waals surface area contributed by atoms with Crippen LogP contribution in [0.3, 0.4) is 0 Å². The Labute approximate surface area is 78.1 Å². The Balaban J connectivity index is 3.13. The smallest absolute Gasteiger partial charge is 0.124 e. The minimum Gasteiger partial charge on any atom is -0.507 e. The predicted octanol–water partition coefficient (Wildman–Crippen LogP) is 1.59. The summed E-state index contributed by atoms with van der Waals surface area (Å²) in [6.45, 7) is 3.68. The minimum atomic E-state index is -0.531. The van der Waals surface area contributed by atoms with Crippen LogP contribution >= 0.6 is 0 Å². The van der Waals surface area contributed by atoms with Crippen LogP contribution < -0.4 is 10.5 Å². The number of benzene rings is 1. The van der Waals surface area contributed by atoms with Gasteiger partial charge < -0.3 is 15.6 Å². The Kier molecular flexibility index (Phi) is 2.48. The third-order valence-electron chi connectivity index (χ3n) is 1.90. The molecule has 72 valence electrons. The maximum absolute atomic E-state index is 9.60. The average molecular weight is 181 g/mol. The van der Waals surface area contributed by atoms with Gasteiger partial charge in [0.05, 0.1) is 7.11 Å². The molecule has 0 saturated carbocycles. The maximum atomic E-state index is 9.60. The first kappa shape index (κ1) is 9.86. The molecule has 0 atom stereocenters. The van der Waals surface area contributed by atoms with Crippen molar-refractivity contribution >= 4 is 0 Å². The molecule has 13 heavy (non-hydrogen) atoms. The minimum absolute atomic E-state index is 0.173. The molecular formula is C10H15NO2. The first-order chi connectivity index (χ1) is 5.95. The Morgan fingerprint density at radius 1 is 1.38 bits per heavy atom. The van der Waals surface area contributed by atoms with Gasteiger partial charge in [0.25, 0.3) is 0 Å². The lowest BCUT2D eigenvalue weighted by Crippen LogP contribution is -2.28.